The lowest BCUT2D eigenvalue weighted by molar-refractivity contribution is 0.398. The van der Waals surface area contributed by atoms with Crippen molar-refractivity contribution in [3.05, 3.63) is 29.7 Å². The lowest BCUT2D eigenvalue weighted by Gasteiger charge is -2.13. The maximum atomic E-state index is 5.81. The Morgan fingerprint density at radius 1 is 1.26 bits per heavy atom. The number of hydrogen-bond donors (Lipinski definition) is 1. The van der Waals surface area contributed by atoms with Gasteiger partial charge in [0.15, 0.2) is 11.5 Å². The van der Waals surface area contributed by atoms with E-state index < -0.39 is 0 Å². The fourth-order valence-corrected chi connectivity index (χ4v) is 2.59. The SMILES string of the molecule is CCCC(CCN)CCc1nc2ccc(C)cc2o1. The first-order chi connectivity index (χ1) is 9.22. The third kappa shape index (κ3) is 3.80. The molecule has 3 nitrogen and oxygen atoms in total. The van der Waals surface area contributed by atoms with E-state index in [0.717, 1.165) is 42.8 Å². The van der Waals surface area contributed by atoms with Crippen LogP contribution in [0.2, 0.25) is 0 Å². The van der Waals surface area contributed by atoms with E-state index in [-0.39, 0.29) is 0 Å². The molecular weight excluding hydrogens is 236 g/mol. The normalized spacial score (nSPS) is 13.0. The Kier molecular flexibility index (Phi) is 4.97. The van der Waals surface area contributed by atoms with Crippen LogP contribution in [0, 0.1) is 12.8 Å². The Bertz CT molecular complexity index is 512. The molecule has 0 aliphatic carbocycles. The number of rotatable bonds is 7. The molecule has 0 aliphatic heterocycles. The van der Waals surface area contributed by atoms with Gasteiger partial charge in [0, 0.05) is 6.42 Å². The zero-order chi connectivity index (χ0) is 13.7. The molecule has 1 aromatic carbocycles. The number of hydrogen-bond acceptors (Lipinski definition) is 3. The predicted octanol–water partition coefficient (Wildman–Crippen LogP) is 3.83. The summed E-state index contributed by atoms with van der Waals surface area (Å²) in [4.78, 5) is 4.55. The molecule has 1 unspecified atom stereocenters. The van der Waals surface area contributed by atoms with Gasteiger partial charge in [0.2, 0.25) is 0 Å². The molecule has 0 spiro atoms. The summed E-state index contributed by atoms with van der Waals surface area (Å²) in [7, 11) is 0. The topological polar surface area (TPSA) is 52.0 Å². The Morgan fingerprint density at radius 2 is 2.11 bits per heavy atom. The van der Waals surface area contributed by atoms with Crippen LogP contribution < -0.4 is 5.73 Å². The lowest BCUT2D eigenvalue weighted by Crippen LogP contribution is -2.09. The fraction of sp³-hybridized carbons (Fsp3) is 0.562. The van der Waals surface area contributed by atoms with E-state index in [9.17, 15) is 0 Å². The van der Waals surface area contributed by atoms with E-state index in [4.69, 9.17) is 10.2 Å². The van der Waals surface area contributed by atoms with Crippen LogP contribution in [0.15, 0.2) is 22.6 Å². The molecule has 2 N–H and O–H groups in total. The van der Waals surface area contributed by atoms with Crippen LogP contribution in [0.5, 0.6) is 0 Å². The van der Waals surface area contributed by atoms with E-state index >= 15 is 0 Å². The summed E-state index contributed by atoms with van der Waals surface area (Å²) in [6.45, 7) is 5.07. The van der Waals surface area contributed by atoms with E-state index in [2.05, 4.69) is 31.0 Å². The second-order valence-corrected chi connectivity index (χ2v) is 5.35. The van der Waals surface area contributed by atoms with Gasteiger partial charge >= 0.3 is 0 Å². The van der Waals surface area contributed by atoms with Crippen molar-refractivity contribution in [2.24, 2.45) is 11.7 Å². The minimum atomic E-state index is 0.701. The Balaban J connectivity index is 2.00. The first-order valence-corrected chi connectivity index (χ1v) is 7.29. The highest BCUT2D eigenvalue weighted by molar-refractivity contribution is 5.73. The standard InChI is InChI=1S/C16H24N2O/c1-3-4-13(9-10-17)6-8-16-18-14-7-5-12(2)11-15(14)19-16/h5,7,11,13H,3-4,6,8-10,17H2,1-2H3. The summed E-state index contributed by atoms with van der Waals surface area (Å²) in [6, 6.07) is 6.15. The number of nitrogens with zero attached hydrogens (tertiary/aromatic N) is 1. The average molecular weight is 260 g/mol. The zero-order valence-electron chi connectivity index (χ0n) is 12.0. The van der Waals surface area contributed by atoms with Gasteiger partial charge in [-0.15, -0.1) is 0 Å². The molecule has 19 heavy (non-hydrogen) atoms. The van der Waals surface area contributed by atoms with Gasteiger partial charge in [0.05, 0.1) is 0 Å². The molecule has 0 aliphatic rings. The molecule has 0 amide bonds. The van der Waals surface area contributed by atoms with Gasteiger partial charge in [0.1, 0.15) is 5.52 Å². The molecule has 0 saturated carbocycles. The van der Waals surface area contributed by atoms with Crippen LogP contribution in [0.3, 0.4) is 0 Å². The smallest absolute Gasteiger partial charge is 0.195 e. The molecule has 0 radical (unpaired) electrons. The number of benzene rings is 1. The van der Waals surface area contributed by atoms with Crippen LogP contribution >= 0.6 is 0 Å². The van der Waals surface area contributed by atoms with Crippen molar-refractivity contribution in [3.8, 4) is 0 Å². The maximum absolute atomic E-state index is 5.81. The molecule has 2 aromatic rings. The second-order valence-electron chi connectivity index (χ2n) is 5.35. The maximum Gasteiger partial charge on any atom is 0.195 e. The Labute approximate surface area is 115 Å². The van der Waals surface area contributed by atoms with Gasteiger partial charge in [-0.1, -0.05) is 25.8 Å². The number of aromatic nitrogens is 1. The molecule has 0 fully saturated rings. The van der Waals surface area contributed by atoms with Gasteiger partial charge < -0.3 is 10.2 Å². The molecular formula is C16H24N2O. The van der Waals surface area contributed by atoms with E-state index in [0.29, 0.717) is 5.92 Å². The monoisotopic (exact) mass is 260 g/mol. The van der Waals surface area contributed by atoms with Gasteiger partial charge in [0.25, 0.3) is 0 Å². The molecule has 1 aromatic heterocycles. The third-order valence-electron chi connectivity index (χ3n) is 3.63. The number of fused-ring (bicyclic) bond motifs is 1. The van der Waals surface area contributed by atoms with Crippen molar-refractivity contribution in [2.45, 2.75) is 46.0 Å². The van der Waals surface area contributed by atoms with Gasteiger partial charge in [-0.05, 0) is 49.9 Å². The lowest BCUT2D eigenvalue weighted by atomic mass is 9.94. The third-order valence-corrected chi connectivity index (χ3v) is 3.63. The molecule has 2 rings (SSSR count). The van der Waals surface area contributed by atoms with Crippen LogP contribution in [0.4, 0.5) is 0 Å². The summed E-state index contributed by atoms with van der Waals surface area (Å²) in [5, 5.41) is 0. The van der Waals surface area contributed by atoms with Crippen molar-refractivity contribution in [3.63, 3.8) is 0 Å². The Morgan fingerprint density at radius 3 is 2.84 bits per heavy atom. The van der Waals surface area contributed by atoms with Crippen molar-refractivity contribution in [2.75, 3.05) is 6.54 Å². The minimum Gasteiger partial charge on any atom is -0.441 e. The molecule has 104 valence electrons. The number of oxazole rings is 1. The molecule has 0 saturated heterocycles. The largest absolute Gasteiger partial charge is 0.441 e. The van der Waals surface area contributed by atoms with E-state index in [1.54, 1.807) is 0 Å². The summed E-state index contributed by atoms with van der Waals surface area (Å²) < 4.78 is 5.81. The van der Waals surface area contributed by atoms with Gasteiger partial charge in [-0.2, -0.15) is 0 Å². The highest BCUT2D eigenvalue weighted by Gasteiger charge is 2.11. The highest BCUT2D eigenvalue weighted by atomic mass is 16.3. The highest BCUT2D eigenvalue weighted by Crippen LogP contribution is 2.21. The van der Waals surface area contributed by atoms with Crippen LogP contribution in [-0.2, 0) is 6.42 Å². The molecule has 1 atom stereocenters. The first kappa shape index (κ1) is 14.1. The van der Waals surface area contributed by atoms with Crippen molar-refractivity contribution in [1.82, 2.24) is 4.98 Å². The van der Waals surface area contributed by atoms with Gasteiger partial charge in [-0.25, -0.2) is 4.98 Å². The van der Waals surface area contributed by atoms with Crippen molar-refractivity contribution < 1.29 is 4.42 Å². The molecule has 0 bridgehead atoms. The van der Waals surface area contributed by atoms with E-state index in [1.165, 1.54) is 18.4 Å². The van der Waals surface area contributed by atoms with Crippen LogP contribution in [-0.4, -0.2) is 11.5 Å². The summed E-state index contributed by atoms with van der Waals surface area (Å²) in [5.74, 6) is 1.56. The molecule has 3 heteroatoms. The van der Waals surface area contributed by atoms with Crippen molar-refractivity contribution in [1.29, 1.82) is 0 Å². The minimum absolute atomic E-state index is 0.701. The quantitative estimate of drug-likeness (QED) is 0.823. The summed E-state index contributed by atoms with van der Waals surface area (Å²) in [6.07, 6.45) is 5.61. The zero-order valence-corrected chi connectivity index (χ0v) is 12.0. The number of nitrogens with two attached hydrogens (primary N) is 1. The average Bonchev–Trinajstić information content (AvgIpc) is 2.78. The fourth-order valence-electron chi connectivity index (χ4n) is 2.59. The predicted molar refractivity (Wildman–Crippen MR) is 79.1 cm³/mol. The number of aryl methyl sites for hydroxylation is 2. The molecule has 1 heterocycles. The van der Waals surface area contributed by atoms with Crippen molar-refractivity contribution >= 4 is 11.1 Å². The second kappa shape index (κ2) is 6.71. The van der Waals surface area contributed by atoms with E-state index in [1.807, 2.05) is 6.07 Å². The van der Waals surface area contributed by atoms with Gasteiger partial charge in [-0.3, -0.25) is 0 Å². The summed E-state index contributed by atoms with van der Waals surface area (Å²) >= 11 is 0. The van der Waals surface area contributed by atoms with Crippen LogP contribution in [0.25, 0.3) is 11.1 Å². The van der Waals surface area contributed by atoms with Crippen LogP contribution in [0.1, 0.15) is 44.1 Å². The first-order valence-electron chi connectivity index (χ1n) is 7.29. The summed E-state index contributed by atoms with van der Waals surface area (Å²) in [5.41, 5.74) is 8.75. The Hall–Kier alpha value is -1.35.